The fourth-order valence-electron chi connectivity index (χ4n) is 3.34. The lowest BCUT2D eigenvalue weighted by molar-refractivity contribution is -0.129. The molecule has 1 atom stereocenters. The van der Waals surface area contributed by atoms with Crippen molar-refractivity contribution in [1.82, 2.24) is 10.2 Å². The summed E-state index contributed by atoms with van der Waals surface area (Å²) in [6.07, 6.45) is 0.902. The quantitative estimate of drug-likeness (QED) is 0.870. The first-order chi connectivity index (χ1) is 12.1. The number of benzene rings is 2. The lowest BCUT2D eigenvalue weighted by atomic mass is 9.89. The monoisotopic (exact) mass is 338 g/mol. The largest absolute Gasteiger partial charge is 0.457 e. The van der Waals surface area contributed by atoms with E-state index in [1.165, 1.54) is 5.56 Å². The fraction of sp³-hybridized carbons (Fsp3) is 0.381. The van der Waals surface area contributed by atoms with Crippen LogP contribution in [-0.4, -0.2) is 30.4 Å². The van der Waals surface area contributed by atoms with Gasteiger partial charge in [-0.1, -0.05) is 30.3 Å². The van der Waals surface area contributed by atoms with E-state index in [2.05, 4.69) is 29.3 Å². The minimum Gasteiger partial charge on any atom is -0.457 e. The van der Waals surface area contributed by atoms with Crippen molar-refractivity contribution in [2.24, 2.45) is 5.41 Å². The Labute approximate surface area is 149 Å². The van der Waals surface area contributed by atoms with Gasteiger partial charge in [-0.15, -0.1) is 0 Å². The highest BCUT2D eigenvalue weighted by atomic mass is 16.5. The number of nitrogens with zero attached hydrogens (tertiary/aromatic N) is 1. The van der Waals surface area contributed by atoms with Crippen LogP contribution in [0.15, 0.2) is 54.6 Å². The molecule has 1 amide bonds. The predicted octanol–water partition coefficient (Wildman–Crippen LogP) is 3.83. The van der Waals surface area contributed by atoms with E-state index in [-0.39, 0.29) is 11.3 Å². The Balaban J connectivity index is 1.62. The van der Waals surface area contributed by atoms with Crippen LogP contribution in [0.1, 0.15) is 25.8 Å². The van der Waals surface area contributed by atoms with Gasteiger partial charge >= 0.3 is 0 Å². The van der Waals surface area contributed by atoms with E-state index in [0.29, 0.717) is 6.54 Å². The van der Waals surface area contributed by atoms with Crippen molar-refractivity contribution in [3.8, 4) is 11.5 Å². The molecule has 2 aromatic rings. The zero-order chi connectivity index (χ0) is 17.7. The summed E-state index contributed by atoms with van der Waals surface area (Å²) >= 11 is 0. The number of amides is 1. The van der Waals surface area contributed by atoms with Gasteiger partial charge in [-0.05, 0) is 56.6 Å². The number of hydrogen-bond acceptors (Lipinski definition) is 3. The maximum absolute atomic E-state index is 12.3. The van der Waals surface area contributed by atoms with E-state index in [0.717, 1.165) is 37.6 Å². The van der Waals surface area contributed by atoms with Crippen molar-refractivity contribution < 1.29 is 9.53 Å². The Bertz CT molecular complexity index is 717. The van der Waals surface area contributed by atoms with Gasteiger partial charge in [0.25, 0.3) is 0 Å². The van der Waals surface area contributed by atoms with E-state index in [4.69, 9.17) is 4.74 Å². The molecule has 1 heterocycles. The molecule has 1 aliphatic heterocycles. The molecule has 0 saturated carbocycles. The molecule has 0 aromatic heterocycles. The first-order valence-electron chi connectivity index (χ1n) is 8.91. The molecule has 1 N–H and O–H groups in total. The van der Waals surface area contributed by atoms with Gasteiger partial charge in [-0.25, -0.2) is 0 Å². The first-order valence-corrected chi connectivity index (χ1v) is 8.91. The minimum absolute atomic E-state index is 0.165. The van der Waals surface area contributed by atoms with Crippen LogP contribution in [0.2, 0.25) is 0 Å². The van der Waals surface area contributed by atoms with Crippen molar-refractivity contribution in [3.05, 3.63) is 60.2 Å². The smallest absolute Gasteiger partial charge is 0.227 e. The van der Waals surface area contributed by atoms with Crippen LogP contribution in [-0.2, 0) is 11.3 Å². The summed E-state index contributed by atoms with van der Waals surface area (Å²) in [7, 11) is 0. The second kappa shape index (κ2) is 7.70. The molecule has 4 nitrogen and oxygen atoms in total. The molecule has 4 heteroatoms. The van der Waals surface area contributed by atoms with Crippen molar-refractivity contribution in [2.75, 3.05) is 19.6 Å². The zero-order valence-corrected chi connectivity index (χ0v) is 15.0. The van der Waals surface area contributed by atoms with E-state index in [1.807, 2.05) is 49.4 Å². The number of carbonyl (C=O) groups is 1. The summed E-state index contributed by atoms with van der Waals surface area (Å²) in [4.78, 5) is 14.6. The van der Waals surface area contributed by atoms with Gasteiger partial charge in [0.05, 0.1) is 5.41 Å². The van der Waals surface area contributed by atoms with Gasteiger partial charge < -0.3 is 10.1 Å². The van der Waals surface area contributed by atoms with Crippen molar-refractivity contribution >= 4 is 5.91 Å². The van der Waals surface area contributed by atoms with E-state index in [9.17, 15) is 4.79 Å². The summed E-state index contributed by atoms with van der Waals surface area (Å²) in [5.74, 6) is 1.85. The Morgan fingerprint density at radius 1 is 1.16 bits per heavy atom. The Morgan fingerprint density at radius 2 is 1.92 bits per heavy atom. The molecule has 1 aliphatic rings. The summed E-state index contributed by atoms with van der Waals surface area (Å²) in [5, 5.41) is 2.96. The molecule has 0 radical (unpaired) electrons. The Hall–Kier alpha value is -2.33. The lowest BCUT2D eigenvalue weighted by Gasteiger charge is -2.23. The molecule has 1 fully saturated rings. The molecule has 0 spiro atoms. The van der Waals surface area contributed by atoms with Gasteiger partial charge in [-0.2, -0.15) is 0 Å². The van der Waals surface area contributed by atoms with Crippen LogP contribution >= 0.6 is 0 Å². The van der Waals surface area contributed by atoms with Crippen LogP contribution in [0.5, 0.6) is 11.5 Å². The lowest BCUT2D eigenvalue weighted by Crippen LogP contribution is -2.40. The predicted molar refractivity (Wildman–Crippen MR) is 99.6 cm³/mol. The van der Waals surface area contributed by atoms with Crippen molar-refractivity contribution in [1.29, 1.82) is 0 Å². The van der Waals surface area contributed by atoms with E-state index < -0.39 is 0 Å². The van der Waals surface area contributed by atoms with Crippen LogP contribution in [0.25, 0.3) is 0 Å². The SMILES string of the molecule is CCNC(=O)C1(C)CCN(Cc2cccc(Oc3ccccc3)c2)C1. The molecular weight excluding hydrogens is 312 g/mol. The normalized spacial score (nSPS) is 20.4. The van der Waals surface area contributed by atoms with Gasteiger partial charge in [0.2, 0.25) is 5.91 Å². The highest BCUT2D eigenvalue weighted by Gasteiger charge is 2.39. The number of likely N-dealkylation sites (tertiary alicyclic amines) is 1. The highest BCUT2D eigenvalue weighted by Crippen LogP contribution is 2.31. The zero-order valence-electron chi connectivity index (χ0n) is 15.0. The van der Waals surface area contributed by atoms with Gasteiger partial charge in [-0.3, -0.25) is 9.69 Å². The summed E-state index contributed by atoms with van der Waals surface area (Å²) in [5.41, 5.74) is 0.919. The third-order valence-electron chi connectivity index (χ3n) is 4.72. The maximum Gasteiger partial charge on any atom is 0.227 e. The van der Waals surface area contributed by atoms with Gasteiger partial charge in [0.15, 0.2) is 0 Å². The third kappa shape index (κ3) is 4.40. The average Bonchev–Trinajstić information content (AvgIpc) is 2.99. The average molecular weight is 338 g/mol. The van der Waals surface area contributed by atoms with Crippen molar-refractivity contribution in [3.63, 3.8) is 0 Å². The molecule has 132 valence electrons. The number of nitrogens with one attached hydrogen (secondary N) is 1. The summed E-state index contributed by atoms with van der Waals surface area (Å²) in [6.45, 7) is 7.29. The molecule has 0 aliphatic carbocycles. The number of para-hydroxylation sites is 1. The summed E-state index contributed by atoms with van der Waals surface area (Å²) < 4.78 is 5.91. The van der Waals surface area contributed by atoms with E-state index in [1.54, 1.807) is 0 Å². The standard InChI is InChI=1S/C21H26N2O2/c1-3-22-20(24)21(2)12-13-23(16-21)15-17-8-7-11-19(14-17)25-18-9-5-4-6-10-18/h4-11,14H,3,12-13,15-16H2,1-2H3,(H,22,24). The molecule has 1 unspecified atom stereocenters. The van der Waals surface area contributed by atoms with Crippen LogP contribution in [0, 0.1) is 5.41 Å². The van der Waals surface area contributed by atoms with Crippen molar-refractivity contribution in [2.45, 2.75) is 26.8 Å². The number of carbonyl (C=O) groups excluding carboxylic acids is 1. The number of hydrogen-bond donors (Lipinski definition) is 1. The Morgan fingerprint density at radius 3 is 2.68 bits per heavy atom. The van der Waals surface area contributed by atoms with Crippen LogP contribution < -0.4 is 10.1 Å². The van der Waals surface area contributed by atoms with Gasteiger partial charge in [0.1, 0.15) is 11.5 Å². The highest BCUT2D eigenvalue weighted by molar-refractivity contribution is 5.82. The maximum atomic E-state index is 12.3. The fourth-order valence-corrected chi connectivity index (χ4v) is 3.34. The van der Waals surface area contributed by atoms with Crippen LogP contribution in [0.3, 0.4) is 0 Å². The molecule has 1 saturated heterocycles. The second-order valence-electron chi connectivity index (χ2n) is 6.94. The molecular formula is C21H26N2O2. The first kappa shape index (κ1) is 17.5. The molecule has 3 rings (SSSR count). The summed E-state index contributed by atoms with van der Waals surface area (Å²) in [6, 6.07) is 18.0. The Kier molecular flexibility index (Phi) is 5.39. The third-order valence-corrected chi connectivity index (χ3v) is 4.72. The van der Waals surface area contributed by atoms with Gasteiger partial charge in [0, 0.05) is 19.6 Å². The molecule has 2 aromatic carbocycles. The minimum atomic E-state index is -0.284. The number of rotatable bonds is 6. The molecule has 25 heavy (non-hydrogen) atoms. The molecule has 0 bridgehead atoms. The van der Waals surface area contributed by atoms with Crippen LogP contribution in [0.4, 0.5) is 0 Å². The van der Waals surface area contributed by atoms with E-state index >= 15 is 0 Å². The second-order valence-corrected chi connectivity index (χ2v) is 6.94. The number of ether oxygens (including phenoxy) is 1. The topological polar surface area (TPSA) is 41.6 Å².